The zero-order valence-corrected chi connectivity index (χ0v) is 17.6. The Morgan fingerprint density at radius 2 is 1.89 bits per heavy atom. The highest BCUT2D eigenvalue weighted by molar-refractivity contribution is 14.1. The number of carbonyl (C=O) groups excluding carboxylic acids is 1. The van der Waals surface area contributed by atoms with E-state index in [9.17, 15) is 4.79 Å². The molecule has 0 saturated heterocycles. The molecule has 1 N–H and O–H groups in total. The van der Waals surface area contributed by atoms with E-state index in [0.29, 0.717) is 13.0 Å². The molecule has 1 aromatic heterocycles. The lowest BCUT2D eigenvalue weighted by Gasteiger charge is -2.08. The molecule has 1 heterocycles. The van der Waals surface area contributed by atoms with Gasteiger partial charge in [-0.05, 0) is 52.4 Å². The Labute approximate surface area is 176 Å². The third-order valence-electron chi connectivity index (χ3n) is 3.77. The van der Waals surface area contributed by atoms with Crippen molar-refractivity contribution in [3.05, 3.63) is 82.2 Å². The smallest absolute Gasteiger partial charge is 0.234 e. The first-order chi connectivity index (χ1) is 13.2. The fraction of sp³-hybridized carbons (Fsp3) is 0.150. The van der Waals surface area contributed by atoms with Gasteiger partial charge in [0.1, 0.15) is 5.82 Å². The van der Waals surface area contributed by atoms with E-state index in [1.165, 1.54) is 17.3 Å². The number of nitrogens with zero attached hydrogens (tertiary/aromatic N) is 3. The molecule has 0 unspecified atom stereocenters. The number of hydrogen-bond donors (Lipinski definition) is 1. The molecule has 0 bridgehead atoms. The second-order valence-electron chi connectivity index (χ2n) is 5.80. The summed E-state index contributed by atoms with van der Waals surface area (Å²) in [6, 6.07) is 17.8. The minimum absolute atomic E-state index is 0.0704. The van der Waals surface area contributed by atoms with Crippen LogP contribution in [0.15, 0.2) is 72.4 Å². The molecule has 0 spiro atoms. The van der Waals surface area contributed by atoms with Gasteiger partial charge in [0.05, 0.1) is 5.75 Å². The summed E-state index contributed by atoms with van der Waals surface area (Å²) in [6.45, 7) is 4.42. The summed E-state index contributed by atoms with van der Waals surface area (Å²) in [7, 11) is 0. The largest absolute Gasteiger partial charge is 0.325 e. The molecule has 0 aliphatic rings. The number of carbonyl (C=O) groups is 1. The molecule has 0 atom stereocenters. The third kappa shape index (κ3) is 5.67. The van der Waals surface area contributed by atoms with Gasteiger partial charge in [-0.15, -0.1) is 16.8 Å². The summed E-state index contributed by atoms with van der Waals surface area (Å²) < 4.78 is 3.13. The van der Waals surface area contributed by atoms with Gasteiger partial charge in [-0.25, -0.2) is 0 Å². The van der Waals surface area contributed by atoms with Crippen molar-refractivity contribution >= 4 is 45.9 Å². The molecule has 2 aromatic carbocycles. The minimum Gasteiger partial charge on any atom is -0.325 e. The Hall–Kier alpha value is -2.13. The zero-order valence-electron chi connectivity index (χ0n) is 14.6. The molecule has 7 heteroatoms. The van der Waals surface area contributed by atoms with E-state index in [2.05, 4.69) is 56.8 Å². The quantitative estimate of drug-likeness (QED) is 0.289. The highest BCUT2D eigenvalue weighted by Crippen LogP contribution is 2.20. The van der Waals surface area contributed by atoms with Crippen molar-refractivity contribution in [2.24, 2.45) is 0 Å². The standard InChI is InChI=1S/C20H19IN4OS/c1-2-12-25-18(13-15-6-4-3-5-7-15)23-24-20(25)27-14-19(26)22-17-10-8-16(21)9-11-17/h2-11H,1,12-14H2,(H,22,26). The molecular formula is C20H19IN4OS. The summed E-state index contributed by atoms with van der Waals surface area (Å²) in [5.74, 6) is 1.06. The molecular weight excluding hydrogens is 471 g/mol. The normalized spacial score (nSPS) is 10.6. The van der Waals surface area contributed by atoms with Crippen LogP contribution in [0.2, 0.25) is 0 Å². The van der Waals surface area contributed by atoms with Crippen LogP contribution in [0, 0.1) is 3.57 Å². The van der Waals surface area contributed by atoms with Gasteiger partial charge in [-0.1, -0.05) is 48.2 Å². The third-order valence-corrected chi connectivity index (χ3v) is 5.46. The molecule has 27 heavy (non-hydrogen) atoms. The number of rotatable bonds is 8. The molecule has 138 valence electrons. The lowest BCUT2D eigenvalue weighted by atomic mass is 10.1. The summed E-state index contributed by atoms with van der Waals surface area (Å²) in [6.07, 6.45) is 2.50. The number of thioether (sulfide) groups is 1. The van der Waals surface area contributed by atoms with Crippen LogP contribution in [0.5, 0.6) is 0 Å². The van der Waals surface area contributed by atoms with Crippen molar-refractivity contribution in [3.8, 4) is 0 Å². The van der Waals surface area contributed by atoms with Crippen molar-refractivity contribution in [1.29, 1.82) is 0 Å². The van der Waals surface area contributed by atoms with Crippen molar-refractivity contribution in [1.82, 2.24) is 14.8 Å². The van der Waals surface area contributed by atoms with Gasteiger partial charge in [-0.2, -0.15) is 0 Å². The number of allylic oxidation sites excluding steroid dienone is 1. The van der Waals surface area contributed by atoms with Gasteiger partial charge in [0.25, 0.3) is 0 Å². The predicted octanol–water partition coefficient (Wildman–Crippen LogP) is 4.39. The Morgan fingerprint density at radius 1 is 1.15 bits per heavy atom. The highest BCUT2D eigenvalue weighted by atomic mass is 127. The molecule has 5 nitrogen and oxygen atoms in total. The van der Waals surface area contributed by atoms with E-state index in [-0.39, 0.29) is 11.7 Å². The number of hydrogen-bond acceptors (Lipinski definition) is 4. The first kappa shape index (κ1) is 19.6. The van der Waals surface area contributed by atoms with Gasteiger partial charge in [-0.3, -0.25) is 4.79 Å². The van der Waals surface area contributed by atoms with Crippen molar-refractivity contribution in [2.45, 2.75) is 18.1 Å². The molecule has 0 radical (unpaired) electrons. The van der Waals surface area contributed by atoms with E-state index in [1.807, 2.05) is 53.1 Å². The van der Waals surface area contributed by atoms with Gasteiger partial charge < -0.3 is 9.88 Å². The Morgan fingerprint density at radius 3 is 2.59 bits per heavy atom. The monoisotopic (exact) mass is 490 g/mol. The number of aromatic nitrogens is 3. The van der Waals surface area contributed by atoms with Crippen LogP contribution in [0.4, 0.5) is 5.69 Å². The lowest BCUT2D eigenvalue weighted by molar-refractivity contribution is -0.113. The number of benzene rings is 2. The first-order valence-electron chi connectivity index (χ1n) is 8.41. The Bertz CT molecular complexity index is 909. The minimum atomic E-state index is -0.0704. The molecule has 3 rings (SSSR count). The first-order valence-corrected chi connectivity index (χ1v) is 10.5. The molecule has 1 amide bonds. The fourth-order valence-electron chi connectivity index (χ4n) is 2.51. The van der Waals surface area contributed by atoms with Gasteiger partial charge in [0.2, 0.25) is 5.91 Å². The van der Waals surface area contributed by atoms with Crippen LogP contribution in [-0.2, 0) is 17.8 Å². The second kappa shape index (κ2) is 9.70. The molecule has 0 aliphatic heterocycles. The van der Waals surface area contributed by atoms with Crippen LogP contribution in [0.1, 0.15) is 11.4 Å². The van der Waals surface area contributed by atoms with Gasteiger partial charge in [0, 0.05) is 22.2 Å². The maximum absolute atomic E-state index is 12.2. The maximum Gasteiger partial charge on any atom is 0.234 e. The number of halogens is 1. The van der Waals surface area contributed by atoms with E-state index >= 15 is 0 Å². The van der Waals surface area contributed by atoms with Crippen molar-refractivity contribution in [3.63, 3.8) is 0 Å². The summed E-state index contributed by atoms with van der Waals surface area (Å²) in [4.78, 5) is 12.2. The van der Waals surface area contributed by atoms with Crippen LogP contribution in [0.3, 0.4) is 0 Å². The van der Waals surface area contributed by atoms with E-state index in [1.54, 1.807) is 0 Å². The molecule has 0 saturated carbocycles. The van der Waals surface area contributed by atoms with Crippen LogP contribution in [-0.4, -0.2) is 26.4 Å². The number of anilines is 1. The lowest BCUT2D eigenvalue weighted by Crippen LogP contribution is -2.14. The number of nitrogens with one attached hydrogen (secondary N) is 1. The second-order valence-corrected chi connectivity index (χ2v) is 7.99. The predicted molar refractivity (Wildman–Crippen MR) is 118 cm³/mol. The van der Waals surface area contributed by atoms with Crippen LogP contribution in [0.25, 0.3) is 0 Å². The zero-order chi connectivity index (χ0) is 19.1. The van der Waals surface area contributed by atoms with Crippen molar-refractivity contribution in [2.75, 3.05) is 11.1 Å². The maximum atomic E-state index is 12.2. The Balaban J connectivity index is 1.64. The average Bonchev–Trinajstić information content (AvgIpc) is 3.05. The number of amides is 1. The summed E-state index contributed by atoms with van der Waals surface area (Å²) in [5, 5.41) is 12.2. The van der Waals surface area contributed by atoms with Gasteiger partial charge in [0.15, 0.2) is 5.16 Å². The Kier molecular flexibility index (Phi) is 7.05. The van der Waals surface area contributed by atoms with E-state index in [0.717, 1.165) is 20.2 Å². The van der Waals surface area contributed by atoms with Crippen LogP contribution >= 0.6 is 34.4 Å². The van der Waals surface area contributed by atoms with E-state index in [4.69, 9.17) is 0 Å². The highest BCUT2D eigenvalue weighted by Gasteiger charge is 2.14. The molecule has 0 fully saturated rings. The fourth-order valence-corrected chi connectivity index (χ4v) is 3.63. The molecule has 0 aliphatic carbocycles. The SMILES string of the molecule is C=CCn1c(Cc2ccccc2)nnc1SCC(=O)Nc1ccc(I)cc1. The summed E-state index contributed by atoms with van der Waals surface area (Å²) in [5.41, 5.74) is 1.96. The average molecular weight is 490 g/mol. The van der Waals surface area contributed by atoms with Crippen molar-refractivity contribution < 1.29 is 4.79 Å². The van der Waals surface area contributed by atoms with Crippen LogP contribution < -0.4 is 5.32 Å². The molecule has 3 aromatic rings. The van der Waals surface area contributed by atoms with Gasteiger partial charge >= 0.3 is 0 Å². The van der Waals surface area contributed by atoms with E-state index < -0.39 is 0 Å². The topological polar surface area (TPSA) is 59.8 Å². The summed E-state index contributed by atoms with van der Waals surface area (Å²) >= 11 is 3.61.